The summed E-state index contributed by atoms with van der Waals surface area (Å²) < 4.78 is 0. The summed E-state index contributed by atoms with van der Waals surface area (Å²) in [5.41, 5.74) is 0. The molecule has 0 rings (SSSR count). The van der Waals surface area contributed by atoms with Gasteiger partial charge in [0.25, 0.3) is 0 Å². The van der Waals surface area contributed by atoms with Crippen molar-refractivity contribution in [2.75, 3.05) is 26.7 Å². The predicted molar refractivity (Wildman–Crippen MR) is 57.5 cm³/mol. The Kier molecular flexibility index (Phi) is 6.37. The molecule has 2 N–H and O–H groups in total. The number of carboxylic acids is 1. The summed E-state index contributed by atoms with van der Waals surface area (Å²) in [5.74, 6) is -1.41. The average molecular weight is 214 g/mol. The Bertz CT molecular complexity index is 241. The molecule has 0 fully saturated rings. The second-order valence-electron chi connectivity index (χ2n) is 3.36. The molecule has 0 aromatic carbocycles. The summed E-state index contributed by atoms with van der Waals surface area (Å²) in [6.45, 7) is 5.77. The van der Waals surface area contributed by atoms with E-state index in [4.69, 9.17) is 5.11 Å². The maximum absolute atomic E-state index is 11.7. The van der Waals surface area contributed by atoms with Crippen molar-refractivity contribution in [2.45, 2.75) is 6.92 Å². The Labute approximate surface area is 89.8 Å². The van der Waals surface area contributed by atoms with Gasteiger partial charge in [-0.25, -0.2) is 0 Å². The monoisotopic (exact) mass is 214 g/mol. The average Bonchev–Trinajstić information content (AvgIpc) is 2.16. The zero-order valence-electron chi connectivity index (χ0n) is 9.19. The summed E-state index contributed by atoms with van der Waals surface area (Å²) >= 11 is 0. The minimum Gasteiger partial charge on any atom is -0.480 e. The van der Waals surface area contributed by atoms with Crippen molar-refractivity contribution in [3.05, 3.63) is 12.7 Å². The molecule has 0 aromatic rings. The fraction of sp³-hybridized carbons (Fsp3) is 0.600. The number of nitrogens with zero attached hydrogens (tertiary/aromatic N) is 1. The molecule has 0 radical (unpaired) electrons. The highest BCUT2D eigenvalue weighted by Crippen LogP contribution is 2.01. The van der Waals surface area contributed by atoms with Crippen LogP contribution in [-0.2, 0) is 9.59 Å². The van der Waals surface area contributed by atoms with E-state index in [0.29, 0.717) is 6.54 Å². The van der Waals surface area contributed by atoms with Gasteiger partial charge in [0.2, 0.25) is 5.91 Å². The molecule has 0 saturated carbocycles. The van der Waals surface area contributed by atoms with Crippen molar-refractivity contribution >= 4 is 11.9 Å². The first-order valence-electron chi connectivity index (χ1n) is 4.79. The van der Waals surface area contributed by atoms with Gasteiger partial charge in [-0.1, -0.05) is 13.0 Å². The van der Waals surface area contributed by atoms with Gasteiger partial charge in [0.1, 0.15) is 6.54 Å². The molecule has 5 heteroatoms. The lowest BCUT2D eigenvalue weighted by atomic mass is 10.1. The molecule has 0 aliphatic carbocycles. The molecule has 0 aromatic heterocycles. The van der Waals surface area contributed by atoms with Gasteiger partial charge in [0.15, 0.2) is 0 Å². The number of hydrogen-bond donors (Lipinski definition) is 2. The van der Waals surface area contributed by atoms with E-state index >= 15 is 0 Å². The van der Waals surface area contributed by atoms with Crippen molar-refractivity contribution in [3.63, 3.8) is 0 Å². The predicted octanol–water partition coefficient (Wildman–Crippen LogP) is -0.0589. The van der Waals surface area contributed by atoms with Crippen LogP contribution in [-0.4, -0.2) is 48.6 Å². The van der Waals surface area contributed by atoms with Gasteiger partial charge in [-0.05, 0) is 7.05 Å². The molecule has 0 spiro atoms. The third-order valence-corrected chi connectivity index (χ3v) is 1.92. The molecule has 5 nitrogen and oxygen atoms in total. The Balaban J connectivity index is 4.39. The van der Waals surface area contributed by atoms with Gasteiger partial charge in [0.05, 0.1) is 0 Å². The number of amides is 1. The van der Waals surface area contributed by atoms with E-state index in [-0.39, 0.29) is 24.9 Å². The van der Waals surface area contributed by atoms with Crippen molar-refractivity contribution < 1.29 is 14.7 Å². The molecule has 1 atom stereocenters. The molecule has 0 aliphatic heterocycles. The number of carboxylic acid groups (broad SMARTS) is 1. The Hall–Kier alpha value is -1.36. The topological polar surface area (TPSA) is 69.6 Å². The first kappa shape index (κ1) is 13.6. The molecule has 0 heterocycles. The highest BCUT2D eigenvalue weighted by Gasteiger charge is 2.20. The van der Waals surface area contributed by atoms with Crippen LogP contribution in [0, 0.1) is 5.92 Å². The van der Waals surface area contributed by atoms with E-state index in [1.165, 1.54) is 11.0 Å². The minimum atomic E-state index is -1.01. The summed E-state index contributed by atoms with van der Waals surface area (Å²) in [5, 5.41) is 11.5. The van der Waals surface area contributed by atoms with Gasteiger partial charge < -0.3 is 15.3 Å². The fourth-order valence-corrected chi connectivity index (χ4v) is 1.26. The molecular weight excluding hydrogens is 196 g/mol. The molecule has 15 heavy (non-hydrogen) atoms. The Morgan fingerprint density at radius 1 is 1.60 bits per heavy atom. The van der Waals surface area contributed by atoms with Crippen LogP contribution in [0.5, 0.6) is 0 Å². The molecule has 1 unspecified atom stereocenters. The first-order chi connectivity index (χ1) is 7.02. The Morgan fingerprint density at radius 3 is 2.60 bits per heavy atom. The largest absolute Gasteiger partial charge is 0.480 e. The van der Waals surface area contributed by atoms with E-state index in [0.717, 1.165) is 0 Å². The van der Waals surface area contributed by atoms with E-state index in [1.807, 2.05) is 0 Å². The maximum Gasteiger partial charge on any atom is 0.323 e. The van der Waals surface area contributed by atoms with Crippen LogP contribution in [0.15, 0.2) is 12.7 Å². The van der Waals surface area contributed by atoms with Crippen LogP contribution in [0.25, 0.3) is 0 Å². The van der Waals surface area contributed by atoms with Gasteiger partial charge in [-0.2, -0.15) is 0 Å². The second-order valence-corrected chi connectivity index (χ2v) is 3.36. The van der Waals surface area contributed by atoms with Crippen LogP contribution in [0.1, 0.15) is 6.92 Å². The van der Waals surface area contributed by atoms with Gasteiger partial charge in [0, 0.05) is 19.0 Å². The molecular formula is C10H18N2O3. The van der Waals surface area contributed by atoms with Crippen molar-refractivity contribution in [1.82, 2.24) is 10.2 Å². The Morgan fingerprint density at radius 2 is 2.20 bits per heavy atom. The quantitative estimate of drug-likeness (QED) is 0.583. The highest BCUT2D eigenvalue weighted by atomic mass is 16.4. The first-order valence-corrected chi connectivity index (χ1v) is 4.79. The van der Waals surface area contributed by atoms with Crippen molar-refractivity contribution in [2.24, 2.45) is 5.92 Å². The number of carbonyl (C=O) groups is 2. The zero-order chi connectivity index (χ0) is 11.8. The van der Waals surface area contributed by atoms with Crippen LogP contribution in [0.3, 0.4) is 0 Å². The number of nitrogens with one attached hydrogen (secondary N) is 1. The van der Waals surface area contributed by atoms with Crippen LogP contribution in [0.2, 0.25) is 0 Å². The lowest BCUT2D eigenvalue weighted by Gasteiger charge is -2.22. The summed E-state index contributed by atoms with van der Waals surface area (Å²) in [6, 6.07) is 0. The van der Waals surface area contributed by atoms with Gasteiger partial charge in [-0.3, -0.25) is 9.59 Å². The lowest BCUT2D eigenvalue weighted by molar-refractivity contribution is -0.145. The van der Waals surface area contributed by atoms with E-state index in [1.54, 1.807) is 14.0 Å². The normalized spacial score (nSPS) is 11.9. The molecule has 86 valence electrons. The fourth-order valence-electron chi connectivity index (χ4n) is 1.26. The van der Waals surface area contributed by atoms with Gasteiger partial charge in [-0.15, -0.1) is 6.58 Å². The minimum absolute atomic E-state index is 0.174. The van der Waals surface area contributed by atoms with E-state index < -0.39 is 5.97 Å². The zero-order valence-corrected chi connectivity index (χ0v) is 9.19. The molecule has 1 amide bonds. The number of rotatable bonds is 7. The summed E-state index contributed by atoms with van der Waals surface area (Å²) in [6.07, 6.45) is 1.52. The van der Waals surface area contributed by atoms with Crippen LogP contribution in [0.4, 0.5) is 0 Å². The molecule has 0 bridgehead atoms. The number of aliphatic carboxylic acids is 1. The number of carbonyl (C=O) groups excluding carboxylic acids is 1. The lowest BCUT2D eigenvalue weighted by Crippen LogP contribution is -2.41. The third-order valence-electron chi connectivity index (χ3n) is 1.92. The van der Waals surface area contributed by atoms with Crippen LogP contribution >= 0.6 is 0 Å². The molecule has 0 aliphatic rings. The maximum atomic E-state index is 11.7. The third kappa shape index (κ3) is 5.17. The SMILES string of the molecule is C=CCN(CC(=O)O)C(=O)C(C)CNC. The summed E-state index contributed by atoms with van der Waals surface area (Å²) in [7, 11) is 1.75. The van der Waals surface area contributed by atoms with Gasteiger partial charge >= 0.3 is 5.97 Å². The smallest absolute Gasteiger partial charge is 0.323 e. The number of hydrogen-bond acceptors (Lipinski definition) is 3. The van der Waals surface area contributed by atoms with Crippen LogP contribution < -0.4 is 5.32 Å². The van der Waals surface area contributed by atoms with E-state index in [2.05, 4.69) is 11.9 Å². The van der Waals surface area contributed by atoms with Crippen molar-refractivity contribution in [3.8, 4) is 0 Å². The van der Waals surface area contributed by atoms with Crippen molar-refractivity contribution in [1.29, 1.82) is 0 Å². The highest BCUT2D eigenvalue weighted by molar-refractivity contribution is 5.83. The second kappa shape index (κ2) is 7.00. The summed E-state index contributed by atoms with van der Waals surface area (Å²) in [4.78, 5) is 23.5. The standard InChI is InChI=1S/C10H18N2O3/c1-4-5-12(7-9(13)14)10(15)8(2)6-11-3/h4,8,11H,1,5-7H2,2-3H3,(H,13,14). The molecule has 0 saturated heterocycles. The van der Waals surface area contributed by atoms with E-state index in [9.17, 15) is 9.59 Å².